The third-order valence-corrected chi connectivity index (χ3v) is 4.33. The molecule has 0 saturated heterocycles. The number of nitrogen functional groups attached to an aromatic ring is 1. The lowest BCUT2D eigenvalue weighted by molar-refractivity contribution is 0.936. The molecule has 1 aromatic carbocycles. The lowest BCUT2D eigenvalue weighted by Crippen LogP contribution is -2.01. The first-order valence-electron chi connectivity index (χ1n) is 6.79. The minimum Gasteiger partial charge on any atom is -0.383 e. The van der Waals surface area contributed by atoms with Gasteiger partial charge in [0.25, 0.3) is 0 Å². The molecule has 0 bridgehead atoms. The van der Waals surface area contributed by atoms with E-state index in [1.165, 1.54) is 0 Å². The molecular formula is C17H12Cl2N4. The van der Waals surface area contributed by atoms with Crippen molar-refractivity contribution in [3.63, 3.8) is 0 Å². The van der Waals surface area contributed by atoms with Gasteiger partial charge in [0.15, 0.2) is 0 Å². The fraction of sp³-hybridized carbons (Fsp3) is 0.0588. The van der Waals surface area contributed by atoms with Gasteiger partial charge in [0.05, 0.1) is 15.7 Å². The molecule has 2 N–H and O–H groups in total. The van der Waals surface area contributed by atoms with Crippen molar-refractivity contribution in [2.75, 3.05) is 5.73 Å². The molecule has 0 spiro atoms. The van der Waals surface area contributed by atoms with Crippen LogP contribution >= 0.6 is 23.2 Å². The Kier molecular flexibility index (Phi) is 3.99. The van der Waals surface area contributed by atoms with Gasteiger partial charge in [0.2, 0.25) is 0 Å². The summed E-state index contributed by atoms with van der Waals surface area (Å²) in [7, 11) is 1.91. The van der Waals surface area contributed by atoms with Crippen LogP contribution in [0.1, 0.15) is 5.56 Å². The van der Waals surface area contributed by atoms with E-state index in [4.69, 9.17) is 28.9 Å². The maximum Gasteiger partial charge on any atom is 0.142 e. The van der Waals surface area contributed by atoms with Gasteiger partial charge in [0.1, 0.15) is 17.5 Å². The second-order valence-electron chi connectivity index (χ2n) is 5.06. The van der Waals surface area contributed by atoms with Crippen LogP contribution in [0.4, 0.5) is 5.82 Å². The van der Waals surface area contributed by atoms with E-state index in [-0.39, 0.29) is 5.82 Å². The average molecular weight is 343 g/mol. The summed E-state index contributed by atoms with van der Waals surface area (Å²) in [5.41, 5.74) is 9.38. The molecule has 0 aliphatic carbocycles. The first-order valence-corrected chi connectivity index (χ1v) is 7.54. The molecule has 6 heteroatoms. The Labute approximate surface area is 143 Å². The average Bonchev–Trinajstić information content (AvgIpc) is 2.95. The molecule has 0 radical (unpaired) electrons. The smallest absolute Gasteiger partial charge is 0.142 e. The molecule has 2 heterocycles. The normalized spacial score (nSPS) is 10.5. The molecule has 2 aromatic heterocycles. The summed E-state index contributed by atoms with van der Waals surface area (Å²) < 4.78 is 1.92. The summed E-state index contributed by atoms with van der Waals surface area (Å²) in [4.78, 5) is 4.33. The van der Waals surface area contributed by atoms with Crippen molar-refractivity contribution in [2.24, 2.45) is 7.05 Å². The Hall–Kier alpha value is -2.48. The van der Waals surface area contributed by atoms with Gasteiger partial charge in [-0.3, -0.25) is 0 Å². The Morgan fingerprint density at radius 2 is 1.96 bits per heavy atom. The molecule has 0 atom stereocenters. The minimum absolute atomic E-state index is 0.187. The molecule has 0 aliphatic heterocycles. The van der Waals surface area contributed by atoms with Crippen molar-refractivity contribution in [2.45, 2.75) is 0 Å². The predicted molar refractivity (Wildman–Crippen MR) is 93.2 cm³/mol. The monoisotopic (exact) mass is 342 g/mol. The van der Waals surface area contributed by atoms with E-state index in [1.54, 1.807) is 12.1 Å². The minimum atomic E-state index is 0.187. The van der Waals surface area contributed by atoms with Crippen LogP contribution in [-0.4, -0.2) is 9.55 Å². The number of nitrogens with two attached hydrogens (primary N) is 1. The number of aromatic nitrogens is 2. The van der Waals surface area contributed by atoms with Crippen molar-refractivity contribution < 1.29 is 0 Å². The second-order valence-corrected chi connectivity index (χ2v) is 5.87. The number of halogens is 2. The van der Waals surface area contributed by atoms with Gasteiger partial charge in [-0.25, -0.2) is 4.98 Å². The number of rotatable bonds is 2. The second kappa shape index (κ2) is 5.96. The van der Waals surface area contributed by atoms with E-state index in [9.17, 15) is 5.26 Å². The summed E-state index contributed by atoms with van der Waals surface area (Å²) in [6.07, 6.45) is 1.91. The molecule has 3 aromatic rings. The van der Waals surface area contributed by atoms with Gasteiger partial charge in [-0.2, -0.15) is 5.26 Å². The zero-order chi connectivity index (χ0) is 16.6. The van der Waals surface area contributed by atoms with Crippen LogP contribution in [0, 0.1) is 11.3 Å². The highest BCUT2D eigenvalue weighted by Gasteiger charge is 2.15. The summed E-state index contributed by atoms with van der Waals surface area (Å²) in [5.74, 6) is 0.187. The number of hydrogen-bond acceptors (Lipinski definition) is 3. The molecule has 114 valence electrons. The van der Waals surface area contributed by atoms with Crippen molar-refractivity contribution in [1.29, 1.82) is 5.26 Å². The summed E-state index contributed by atoms with van der Waals surface area (Å²) >= 11 is 12.0. The summed E-state index contributed by atoms with van der Waals surface area (Å²) in [6.45, 7) is 0. The van der Waals surface area contributed by atoms with E-state index in [0.29, 0.717) is 21.3 Å². The Morgan fingerprint density at radius 3 is 2.57 bits per heavy atom. The Morgan fingerprint density at radius 1 is 1.17 bits per heavy atom. The van der Waals surface area contributed by atoms with Gasteiger partial charge in [-0.15, -0.1) is 0 Å². The van der Waals surface area contributed by atoms with E-state index < -0.39 is 0 Å². The van der Waals surface area contributed by atoms with Crippen LogP contribution in [0.5, 0.6) is 0 Å². The number of anilines is 1. The fourth-order valence-electron chi connectivity index (χ4n) is 2.43. The predicted octanol–water partition coefficient (Wildman–Crippen LogP) is 4.51. The van der Waals surface area contributed by atoms with Gasteiger partial charge < -0.3 is 10.3 Å². The molecule has 0 amide bonds. The first kappa shape index (κ1) is 15.4. The standard InChI is InChI=1S/C17H12Cl2N4/c1-23-6-2-3-16(23)11-8-15(22-17(21)12(11)9-20)10-4-5-13(18)14(19)7-10/h2-8H,1H3,(H2,21,22). The molecule has 0 unspecified atom stereocenters. The first-order chi connectivity index (χ1) is 11.0. The lowest BCUT2D eigenvalue weighted by atomic mass is 10.0. The largest absolute Gasteiger partial charge is 0.383 e. The maximum atomic E-state index is 9.41. The SMILES string of the molecule is Cn1cccc1-c1cc(-c2ccc(Cl)c(Cl)c2)nc(N)c1C#N. The number of pyridine rings is 1. The topological polar surface area (TPSA) is 67.6 Å². The number of aryl methyl sites for hydroxylation is 1. The Bertz CT molecular complexity index is 938. The van der Waals surface area contributed by atoms with Crippen LogP contribution < -0.4 is 5.73 Å². The molecule has 0 saturated carbocycles. The highest BCUT2D eigenvalue weighted by Crippen LogP contribution is 2.33. The molecule has 4 nitrogen and oxygen atoms in total. The highest BCUT2D eigenvalue weighted by molar-refractivity contribution is 6.42. The van der Waals surface area contributed by atoms with Crippen LogP contribution in [0.3, 0.4) is 0 Å². The van der Waals surface area contributed by atoms with E-state index in [0.717, 1.165) is 16.8 Å². The van der Waals surface area contributed by atoms with Crippen molar-refractivity contribution in [1.82, 2.24) is 9.55 Å². The molecule has 23 heavy (non-hydrogen) atoms. The molecule has 0 fully saturated rings. The fourth-order valence-corrected chi connectivity index (χ4v) is 2.73. The zero-order valence-electron chi connectivity index (χ0n) is 12.2. The van der Waals surface area contributed by atoms with Crippen LogP contribution in [0.2, 0.25) is 10.0 Å². The van der Waals surface area contributed by atoms with Crippen LogP contribution in [-0.2, 0) is 7.05 Å². The molecule has 3 rings (SSSR count). The summed E-state index contributed by atoms with van der Waals surface area (Å²) in [5, 5.41) is 10.3. The van der Waals surface area contributed by atoms with E-state index >= 15 is 0 Å². The van der Waals surface area contributed by atoms with Gasteiger partial charge in [0, 0.05) is 30.1 Å². The Balaban J connectivity index is 2.25. The van der Waals surface area contributed by atoms with Gasteiger partial charge in [-0.1, -0.05) is 29.3 Å². The number of nitriles is 1. The van der Waals surface area contributed by atoms with Crippen molar-refractivity contribution >= 4 is 29.0 Å². The highest BCUT2D eigenvalue weighted by atomic mass is 35.5. The number of benzene rings is 1. The lowest BCUT2D eigenvalue weighted by Gasteiger charge is -2.11. The van der Waals surface area contributed by atoms with Gasteiger partial charge >= 0.3 is 0 Å². The third-order valence-electron chi connectivity index (χ3n) is 3.59. The molecule has 0 aliphatic rings. The third kappa shape index (κ3) is 2.77. The maximum absolute atomic E-state index is 9.41. The zero-order valence-corrected chi connectivity index (χ0v) is 13.7. The number of nitrogens with zero attached hydrogens (tertiary/aromatic N) is 3. The van der Waals surface area contributed by atoms with Crippen LogP contribution in [0.25, 0.3) is 22.5 Å². The number of hydrogen-bond donors (Lipinski definition) is 1. The van der Waals surface area contributed by atoms with E-state index in [1.807, 2.05) is 42.1 Å². The quantitative estimate of drug-likeness (QED) is 0.744. The van der Waals surface area contributed by atoms with Crippen molar-refractivity contribution in [3.05, 3.63) is 58.2 Å². The van der Waals surface area contributed by atoms with E-state index in [2.05, 4.69) is 11.1 Å². The van der Waals surface area contributed by atoms with Crippen molar-refractivity contribution in [3.8, 4) is 28.6 Å². The molecular weight excluding hydrogens is 331 g/mol. The van der Waals surface area contributed by atoms with Crippen LogP contribution in [0.15, 0.2) is 42.6 Å². The summed E-state index contributed by atoms with van der Waals surface area (Å²) in [6, 6.07) is 13.1. The van der Waals surface area contributed by atoms with Gasteiger partial charge in [-0.05, 0) is 30.3 Å².